The highest BCUT2D eigenvalue weighted by molar-refractivity contribution is 6.31. The molecule has 7 heteroatoms. The van der Waals surface area contributed by atoms with Gasteiger partial charge in [-0.3, -0.25) is 0 Å². The average molecular weight is 298 g/mol. The summed E-state index contributed by atoms with van der Waals surface area (Å²) in [4.78, 5) is 13.4. The summed E-state index contributed by atoms with van der Waals surface area (Å²) >= 11 is 5.65. The number of aromatic nitrogens is 1. The lowest BCUT2D eigenvalue weighted by molar-refractivity contribution is 0.219. The molecule has 0 aliphatic rings. The number of carbonyl (C=O) groups excluding carboxylic acids is 1. The Morgan fingerprint density at radius 2 is 2.25 bits per heavy atom. The third-order valence-electron chi connectivity index (χ3n) is 2.59. The van der Waals surface area contributed by atoms with E-state index in [1.165, 1.54) is 23.1 Å². The summed E-state index contributed by atoms with van der Waals surface area (Å²) in [6.45, 7) is 2.08. The quantitative estimate of drug-likeness (QED) is 0.944. The molecule has 0 saturated carbocycles. The van der Waals surface area contributed by atoms with Crippen molar-refractivity contribution in [2.45, 2.75) is 13.5 Å². The van der Waals surface area contributed by atoms with Gasteiger partial charge in [0.15, 0.2) is 0 Å². The summed E-state index contributed by atoms with van der Waals surface area (Å²) < 4.78 is 17.9. The standard InChI is InChI=1S/C13H13ClFN3O2/c1-8-5-10(17-20-8)7-18(2)13(19)16-9-3-4-12(15)11(14)6-9/h3-6H,7H2,1-2H3,(H,16,19). The van der Waals surface area contributed by atoms with Crippen LogP contribution in [0.5, 0.6) is 0 Å². The van der Waals surface area contributed by atoms with Crippen LogP contribution < -0.4 is 5.32 Å². The second-order valence-corrected chi connectivity index (χ2v) is 4.75. The lowest BCUT2D eigenvalue weighted by Crippen LogP contribution is -2.30. The van der Waals surface area contributed by atoms with E-state index < -0.39 is 5.82 Å². The molecule has 1 N–H and O–H groups in total. The molecule has 2 rings (SSSR count). The van der Waals surface area contributed by atoms with Gasteiger partial charge in [-0.05, 0) is 25.1 Å². The molecule has 0 atom stereocenters. The summed E-state index contributed by atoms with van der Waals surface area (Å²) in [5, 5.41) is 6.37. The molecule has 0 saturated heterocycles. The monoisotopic (exact) mass is 297 g/mol. The molecule has 0 bridgehead atoms. The van der Waals surface area contributed by atoms with Crippen molar-refractivity contribution in [3.8, 4) is 0 Å². The van der Waals surface area contributed by atoms with Crippen LogP contribution in [0.15, 0.2) is 28.8 Å². The fraction of sp³-hybridized carbons (Fsp3) is 0.231. The van der Waals surface area contributed by atoms with E-state index in [4.69, 9.17) is 16.1 Å². The first-order valence-corrected chi connectivity index (χ1v) is 6.23. The van der Waals surface area contributed by atoms with Gasteiger partial charge in [0.25, 0.3) is 0 Å². The first-order chi connectivity index (χ1) is 9.45. The molecule has 1 aromatic carbocycles. The van der Waals surface area contributed by atoms with E-state index >= 15 is 0 Å². The van der Waals surface area contributed by atoms with Crippen molar-refractivity contribution < 1.29 is 13.7 Å². The minimum atomic E-state index is -0.531. The zero-order valence-corrected chi connectivity index (χ0v) is 11.7. The van der Waals surface area contributed by atoms with Crippen LogP contribution in [0.2, 0.25) is 5.02 Å². The van der Waals surface area contributed by atoms with Crippen LogP contribution >= 0.6 is 11.6 Å². The van der Waals surface area contributed by atoms with E-state index in [9.17, 15) is 9.18 Å². The van der Waals surface area contributed by atoms with Crippen molar-refractivity contribution in [1.29, 1.82) is 0 Å². The van der Waals surface area contributed by atoms with Gasteiger partial charge >= 0.3 is 6.03 Å². The van der Waals surface area contributed by atoms with E-state index in [0.717, 1.165) is 0 Å². The maximum absolute atomic E-state index is 13.0. The zero-order valence-electron chi connectivity index (χ0n) is 11.0. The highest BCUT2D eigenvalue weighted by Gasteiger charge is 2.12. The molecule has 0 aliphatic carbocycles. The van der Waals surface area contributed by atoms with E-state index in [0.29, 0.717) is 23.7 Å². The van der Waals surface area contributed by atoms with Gasteiger partial charge in [0.1, 0.15) is 17.3 Å². The van der Waals surface area contributed by atoms with Crippen molar-refractivity contribution in [2.24, 2.45) is 0 Å². The first kappa shape index (κ1) is 14.3. The molecular formula is C13H13ClFN3O2. The number of amides is 2. The maximum Gasteiger partial charge on any atom is 0.321 e. The number of carbonyl (C=O) groups is 1. The Labute approximate surface area is 120 Å². The molecule has 0 spiro atoms. The van der Waals surface area contributed by atoms with Crippen LogP contribution in [0.25, 0.3) is 0 Å². The van der Waals surface area contributed by atoms with Crippen molar-refractivity contribution in [3.05, 3.63) is 46.6 Å². The number of anilines is 1. The van der Waals surface area contributed by atoms with Gasteiger partial charge in [0.05, 0.1) is 11.6 Å². The average Bonchev–Trinajstić information content (AvgIpc) is 2.79. The minimum absolute atomic E-state index is 0.0439. The molecule has 0 radical (unpaired) electrons. The van der Waals surface area contributed by atoms with E-state index in [1.807, 2.05) is 0 Å². The van der Waals surface area contributed by atoms with Gasteiger partial charge in [-0.2, -0.15) is 0 Å². The molecule has 2 amide bonds. The topological polar surface area (TPSA) is 58.4 Å². The molecular weight excluding hydrogens is 285 g/mol. The van der Waals surface area contributed by atoms with Gasteiger partial charge in [-0.15, -0.1) is 0 Å². The van der Waals surface area contributed by atoms with Crippen LogP contribution in [0, 0.1) is 12.7 Å². The molecule has 5 nitrogen and oxygen atoms in total. The fourth-order valence-electron chi connectivity index (χ4n) is 1.60. The van der Waals surface area contributed by atoms with Crippen LogP contribution in [0.3, 0.4) is 0 Å². The lowest BCUT2D eigenvalue weighted by atomic mass is 10.3. The lowest BCUT2D eigenvalue weighted by Gasteiger charge is -2.16. The molecule has 106 valence electrons. The van der Waals surface area contributed by atoms with Gasteiger partial charge < -0.3 is 14.7 Å². The van der Waals surface area contributed by atoms with Gasteiger partial charge in [0, 0.05) is 18.8 Å². The third kappa shape index (κ3) is 3.48. The maximum atomic E-state index is 13.0. The summed E-state index contributed by atoms with van der Waals surface area (Å²) in [7, 11) is 1.62. The molecule has 1 heterocycles. The number of urea groups is 1. The second kappa shape index (κ2) is 5.92. The van der Waals surface area contributed by atoms with Crippen LogP contribution in [-0.2, 0) is 6.54 Å². The van der Waals surface area contributed by atoms with Gasteiger partial charge in [0.2, 0.25) is 0 Å². The van der Waals surface area contributed by atoms with Crippen molar-refractivity contribution in [1.82, 2.24) is 10.1 Å². The summed E-state index contributed by atoms with van der Waals surface area (Å²) in [5.41, 5.74) is 1.07. The molecule has 0 fully saturated rings. The predicted molar refractivity (Wildman–Crippen MR) is 73.1 cm³/mol. The smallest absolute Gasteiger partial charge is 0.321 e. The normalized spacial score (nSPS) is 10.4. The molecule has 0 aliphatic heterocycles. The Hall–Kier alpha value is -2.08. The summed E-state index contributed by atoms with van der Waals surface area (Å²) in [5.74, 6) is 0.148. The van der Waals surface area contributed by atoms with Crippen LogP contribution in [0.1, 0.15) is 11.5 Å². The molecule has 1 aromatic heterocycles. The molecule has 0 unspecified atom stereocenters. The Balaban J connectivity index is 1.98. The highest BCUT2D eigenvalue weighted by Crippen LogP contribution is 2.19. The van der Waals surface area contributed by atoms with Crippen LogP contribution in [-0.4, -0.2) is 23.1 Å². The first-order valence-electron chi connectivity index (χ1n) is 5.85. The van der Waals surface area contributed by atoms with E-state index in [1.54, 1.807) is 20.0 Å². The number of rotatable bonds is 3. The number of benzene rings is 1. The largest absolute Gasteiger partial charge is 0.361 e. The Kier molecular flexibility index (Phi) is 4.24. The predicted octanol–water partition coefficient (Wildman–Crippen LogP) is 3.44. The fourth-order valence-corrected chi connectivity index (χ4v) is 1.78. The van der Waals surface area contributed by atoms with E-state index in [2.05, 4.69) is 10.5 Å². The summed E-state index contributed by atoms with van der Waals surface area (Å²) in [6.07, 6.45) is 0. The molecule has 2 aromatic rings. The van der Waals surface area contributed by atoms with Gasteiger partial charge in [-0.25, -0.2) is 9.18 Å². The van der Waals surface area contributed by atoms with Crippen LogP contribution in [0.4, 0.5) is 14.9 Å². The summed E-state index contributed by atoms with van der Waals surface area (Å²) in [6, 6.07) is 5.38. The number of aryl methyl sites for hydroxylation is 1. The van der Waals surface area contributed by atoms with Crippen molar-refractivity contribution in [2.75, 3.05) is 12.4 Å². The highest BCUT2D eigenvalue weighted by atomic mass is 35.5. The number of hydrogen-bond acceptors (Lipinski definition) is 3. The number of hydrogen-bond donors (Lipinski definition) is 1. The Morgan fingerprint density at radius 3 is 2.85 bits per heavy atom. The van der Waals surface area contributed by atoms with Gasteiger partial charge in [-0.1, -0.05) is 16.8 Å². The SMILES string of the molecule is Cc1cc(CN(C)C(=O)Nc2ccc(F)c(Cl)c2)no1. The zero-order chi connectivity index (χ0) is 14.7. The Bertz CT molecular complexity index is 630. The third-order valence-corrected chi connectivity index (χ3v) is 2.88. The van der Waals surface area contributed by atoms with E-state index in [-0.39, 0.29) is 11.1 Å². The number of nitrogens with zero attached hydrogens (tertiary/aromatic N) is 2. The second-order valence-electron chi connectivity index (χ2n) is 4.34. The van der Waals surface area contributed by atoms with Crippen molar-refractivity contribution in [3.63, 3.8) is 0 Å². The number of halogens is 2. The molecule has 20 heavy (non-hydrogen) atoms. The Morgan fingerprint density at radius 1 is 1.50 bits per heavy atom. The minimum Gasteiger partial charge on any atom is -0.361 e. The van der Waals surface area contributed by atoms with Crippen molar-refractivity contribution >= 4 is 23.3 Å². The number of nitrogens with one attached hydrogen (secondary N) is 1.